The van der Waals surface area contributed by atoms with E-state index < -0.39 is 0 Å². The Kier molecular flexibility index (Phi) is 6.99. The summed E-state index contributed by atoms with van der Waals surface area (Å²) in [6.07, 6.45) is 0. The fourth-order valence-electron chi connectivity index (χ4n) is 2.25. The van der Waals surface area contributed by atoms with Gasteiger partial charge in [0.1, 0.15) is 6.61 Å². The van der Waals surface area contributed by atoms with E-state index in [1.54, 1.807) is 42.5 Å². The molecule has 0 fully saturated rings. The summed E-state index contributed by atoms with van der Waals surface area (Å²) in [4.78, 5) is 23.9. The van der Waals surface area contributed by atoms with E-state index in [1.807, 2.05) is 6.92 Å². The molecule has 0 aliphatic rings. The molecule has 0 aliphatic carbocycles. The van der Waals surface area contributed by atoms with Crippen molar-refractivity contribution in [2.24, 2.45) is 0 Å². The third kappa shape index (κ3) is 5.22. The molecule has 0 heterocycles. The summed E-state index contributed by atoms with van der Waals surface area (Å²) in [7, 11) is 2.98. The molecule has 138 valence electrons. The summed E-state index contributed by atoms with van der Waals surface area (Å²) in [6.45, 7) is 2.37. The van der Waals surface area contributed by atoms with Crippen LogP contribution >= 0.6 is 0 Å². The second-order valence-corrected chi connectivity index (χ2v) is 5.31. The third-order valence-electron chi connectivity index (χ3n) is 3.43. The van der Waals surface area contributed by atoms with Crippen LogP contribution in [0.25, 0.3) is 0 Å². The van der Waals surface area contributed by atoms with Gasteiger partial charge >= 0.3 is 0 Å². The highest BCUT2D eigenvalue weighted by Crippen LogP contribution is 2.28. The molecule has 7 heteroatoms. The van der Waals surface area contributed by atoms with Crippen molar-refractivity contribution in [3.63, 3.8) is 0 Å². The number of rotatable bonds is 8. The van der Waals surface area contributed by atoms with Crippen LogP contribution in [0.2, 0.25) is 0 Å². The Morgan fingerprint density at radius 1 is 0.923 bits per heavy atom. The quantitative estimate of drug-likeness (QED) is 0.758. The molecule has 0 aliphatic heterocycles. The number of amides is 2. The Morgan fingerprint density at radius 2 is 1.58 bits per heavy atom. The fraction of sp³-hybridized carbons (Fsp3) is 0.263. The third-order valence-corrected chi connectivity index (χ3v) is 3.43. The molecule has 0 aromatic heterocycles. The van der Waals surface area contributed by atoms with Crippen molar-refractivity contribution in [2.75, 3.05) is 38.1 Å². The van der Waals surface area contributed by atoms with Crippen molar-refractivity contribution in [3.8, 4) is 11.5 Å². The predicted octanol–water partition coefficient (Wildman–Crippen LogP) is 2.93. The number of ether oxygens (including phenoxy) is 3. The van der Waals surface area contributed by atoms with Crippen LogP contribution in [0, 0.1) is 0 Å². The molecule has 2 N–H and O–H groups in total. The van der Waals surface area contributed by atoms with Crippen molar-refractivity contribution < 1.29 is 23.8 Å². The van der Waals surface area contributed by atoms with E-state index in [2.05, 4.69) is 10.6 Å². The monoisotopic (exact) mass is 358 g/mol. The number of benzene rings is 2. The summed E-state index contributed by atoms with van der Waals surface area (Å²) >= 11 is 0. The molecule has 0 bridgehead atoms. The molecule has 0 saturated carbocycles. The Labute approximate surface area is 152 Å². The molecule has 0 radical (unpaired) electrons. The van der Waals surface area contributed by atoms with E-state index in [-0.39, 0.29) is 18.4 Å². The minimum Gasteiger partial charge on any atom is -0.493 e. The first-order chi connectivity index (χ1) is 12.6. The Balaban J connectivity index is 2.04. The van der Waals surface area contributed by atoms with Gasteiger partial charge in [0.25, 0.3) is 5.91 Å². The van der Waals surface area contributed by atoms with Crippen molar-refractivity contribution >= 4 is 23.2 Å². The maximum Gasteiger partial charge on any atom is 0.255 e. The number of nitrogens with one attached hydrogen (secondary N) is 2. The second kappa shape index (κ2) is 9.43. The summed E-state index contributed by atoms with van der Waals surface area (Å²) in [5, 5.41) is 5.48. The van der Waals surface area contributed by atoms with Crippen molar-refractivity contribution in [1.29, 1.82) is 0 Å². The Morgan fingerprint density at radius 3 is 2.15 bits per heavy atom. The van der Waals surface area contributed by atoms with E-state index in [0.717, 1.165) is 0 Å². The summed E-state index contributed by atoms with van der Waals surface area (Å²) in [5.74, 6) is 0.562. The van der Waals surface area contributed by atoms with Gasteiger partial charge in [-0.3, -0.25) is 9.59 Å². The molecule has 2 aromatic rings. The molecule has 7 nitrogen and oxygen atoms in total. The van der Waals surface area contributed by atoms with Gasteiger partial charge in [0.2, 0.25) is 5.91 Å². The van der Waals surface area contributed by atoms with E-state index in [4.69, 9.17) is 14.2 Å². The van der Waals surface area contributed by atoms with Gasteiger partial charge in [0, 0.05) is 24.0 Å². The van der Waals surface area contributed by atoms with Gasteiger partial charge in [-0.15, -0.1) is 0 Å². The average Bonchev–Trinajstić information content (AvgIpc) is 2.64. The van der Waals surface area contributed by atoms with Crippen LogP contribution in [0.15, 0.2) is 42.5 Å². The number of hydrogen-bond acceptors (Lipinski definition) is 5. The van der Waals surface area contributed by atoms with Gasteiger partial charge in [0.05, 0.1) is 13.7 Å². The molecular weight excluding hydrogens is 336 g/mol. The van der Waals surface area contributed by atoms with Crippen LogP contribution in [0.3, 0.4) is 0 Å². The van der Waals surface area contributed by atoms with E-state index in [9.17, 15) is 9.59 Å². The highest BCUT2D eigenvalue weighted by molar-refractivity contribution is 6.04. The number of anilines is 2. The zero-order valence-electron chi connectivity index (χ0n) is 15.0. The standard InChI is InChI=1S/C19H22N2O5/c1-4-26-16-10-5-13(11-17(16)25-3)19(23)21-15-8-6-14(7-9-15)20-18(22)12-24-2/h5-11H,4,12H2,1-3H3,(H,20,22)(H,21,23). The molecule has 0 spiro atoms. The van der Waals surface area contributed by atoms with Crippen LogP contribution in [0.5, 0.6) is 11.5 Å². The first kappa shape index (κ1) is 19.3. The first-order valence-electron chi connectivity index (χ1n) is 8.08. The van der Waals surface area contributed by atoms with Crippen molar-refractivity contribution in [2.45, 2.75) is 6.92 Å². The van der Waals surface area contributed by atoms with Crippen LogP contribution in [0.1, 0.15) is 17.3 Å². The lowest BCUT2D eigenvalue weighted by atomic mass is 10.1. The maximum atomic E-state index is 12.4. The maximum absolute atomic E-state index is 12.4. The van der Waals surface area contributed by atoms with E-state index in [1.165, 1.54) is 14.2 Å². The minimum absolute atomic E-state index is 0.0158. The summed E-state index contributed by atoms with van der Waals surface area (Å²) in [6, 6.07) is 11.8. The normalized spacial score (nSPS) is 10.1. The Hall–Kier alpha value is -3.06. The molecule has 0 atom stereocenters. The smallest absolute Gasteiger partial charge is 0.255 e. The molecule has 0 saturated heterocycles. The highest BCUT2D eigenvalue weighted by Gasteiger charge is 2.11. The zero-order valence-corrected chi connectivity index (χ0v) is 15.0. The zero-order chi connectivity index (χ0) is 18.9. The average molecular weight is 358 g/mol. The largest absolute Gasteiger partial charge is 0.493 e. The molecule has 2 rings (SSSR count). The molecule has 2 amide bonds. The van der Waals surface area contributed by atoms with Crippen LogP contribution in [0.4, 0.5) is 11.4 Å². The van der Waals surface area contributed by atoms with Crippen LogP contribution in [-0.4, -0.2) is 39.2 Å². The van der Waals surface area contributed by atoms with Gasteiger partial charge in [0.15, 0.2) is 11.5 Å². The molecule has 2 aromatic carbocycles. The van der Waals surface area contributed by atoms with Crippen LogP contribution < -0.4 is 20.1 Å². The van der Waals surface area contributed by atoms with E-state index in [0.29, 0.717) is 35.0 Å². The first-order valence-corrected chi connectivity index (χ1v) is 8.08. The van der Waals surface area contributed by atoms with Gasteiger partial charge in [-0.1, -0.05) is 0 Å². The summed E-state index contributed by atoms with van der Waals surface area (Å²) in [5.41, 5.74) is 1.67. The molecular formula is C19H22N2O5. The number of carbonyl (C=O) groups excluding carboxylic acids is 2. The van der Waals surface area contributed by atoms with Gasteiger partial charge in [-0.25, -0.2) is 0 Å². The minimum atomic E-state index is -0.275. The van der Waals surface area contributed by atoms with Crippen LogP contribution in [-0.2, 0) is 9.53 Å². The second-order valence-electron chi connectivity index (χ2n) is 5.31. The topological polar surface area (TPSA) is 85.9 Å². The summed E-state index contributed by atoms with van der Waals surface area (Å²) < 4.78 is 15.5. The van der Waals surface area contributed by atoms with Crippen molar-refractivity contribution in [3.05, 3.63) is 48.0 Å². The predicted molar refractivity (Wildman–Crippen MR) is 99.1 cm³/mol. The fourth-order valence-corrected chi connectivity index (χ4v) is 2.25. The molecule has 0 unspecified atom stereocenters. The van der Waals surface area contributed by atoms with Gasteiger partial charge in [-0.2, -0.15) is 0 Å². The van der Waals surface area contributed by atoms with Crippen molar-refractivity contribution in [1.82, 2.24) is 0 Å². The van der Waals surface area contributed by atoms with Gasteiger partial charge in [-0.05, 0) is 49.4 Å². The number of carbonyl (C=O) groups is 2. The lowest BCUT2D eigenvalue weighted by Crippen LogP contribution is -2.17. The van der Waals surface area contributed by atoms with Gasteiger partial charge < -0.3 is 24.8 Å². The van der Waals surface area contributed by atoms with E-state index >= 15 is 0 Å². The molecule has 26 heavy (non-hydrogen) atoms. The Bertz CT molecular complexity index is 759. The SMILES string of the molecule is CCOc1ccc(C(=O)Nc2ccc(NC(=O)COC)cc2)cc1OC. The lowest BCUT2D eigenvalue weighted by molar-refractivity contribution is -0.119. The number of hydrogen-bond donors (Lipinski definition) is 2. The number of methoxy groups -OCH3 is 2. The lowest BCUT2D eigenvalue weighted by Gasteiger charge is -2.11. The highest BCUT2D eigenvalue weighted by atomic mass is 16.5.